The molecule has 0 radical (unpaired) electrons. The molecule has 6 nitrogen and oxygen atoms in total. The van der Waals surface area contributed by atoms with E-state index in [1.54, 1.807) is 0 Å². The predicted molar refractivity (Wildman–Crippen MR) is 60.7 cm³/mol. The van der Waals surface area contributed by atoms with Crippen molar-refractivity contribution in [2.45, 2.75) is 0 Å². The summed E-state index contributed by atoms with van der Waals surface area (Å²) in [4.78, 5) is 11.8. The van der Waals surface area contributed by atoms with Gasteiger partial charge in [0.25, 0.3) is 5.56 Å². The van der Waals surface area contributed by atoms with Crippen LogP contribution in [0, 0.1) is 0 Å². The topological polar surface area (TPSA) is 91.9 Å². The molecule has 17 heavy (non-hydrogen) atoms. The molecule has 0 spiro atoms. The van der Waals surface area contributed by atoms with E-state index in [1.807, 2.05) is 0 Å². The van der Waals surface area contributed by atoms with Gasteiger partial charge in [0.05, 0.1) is 18.0 Å². The molecule has 0 amide bonds. The fourth-order valence-electron chi connectivity index (χ4n) is 1.77. The summed E-state index contributed by atoms with van der Waals surface area (Å²) in [5.41, 5.74) is -0.340. The minimum atomic E-state index is -0.553. The molecule has 0 aliphatic carbocycles. The zero-order valence-corrected chi connectivity index (χ0v) is 9.26. The lowest BCUT2D eigenvalue weighted by atomic mass is 10.1. The van der Waals surface area contributed by atoms with Crippen LogP contribution in [0.15, 0.2) is 16.9 Å². The number of hydrogen-bond acceptors (Lipinski definition) is 5. The third-order valence-corrected chi connectivity index (χ3v) is 2.60. The van der Waals surface area contributed by atoms with Crippen molar-refractivity contribution >= 4 is 10.9 Å². The second-order valence-corrected chi connectivity index (χ2v) is 3.61. The largest absolute Gasteiger partial charge is 0.508 e. The monoisotopic (exact) mass is 237 g/mol. The van der Waals surface area contributed by atoms with Crippen molar-refractivity contribution in [3.63, 3.8) is 0 Å². The van der Waals surface area contributed by atoms with E-state index in [0.29, 0.717) is 0 Å². The van der Waals surface area contributed by atoms with Crippen molar-refractivity contribution in [1.82, 2.24) is 4.57 Å². The van der Waals surface area contributed by atoms with Crippen LogP contribution in [0.1, 0.15) is 0 Å². The van der Waals surface area contributed by atoms with Crippen LogP contribution in [-0.2, 0) is 7.05 Å². The Hall–Kier alpha value is -2.37. The third-order valence-electron chi connectivity index (χ3n) is 2.60. The summed E-state index contributed by atoms with van der Waals surface area (Å²) in [6, 6.07) is 2.35. The zero-order chi connectivity index (χ0) is 12.7. The number of rotatable bonds is 1. The van der Waals surface area contributed by atoms with Gasteiger partial charge in [0.1, 0.15) is 11.5 Å². The number of hydrogen-bond donors (Lipinski definition) is 3. The first-order valence-electron chi connectivity index (χ1n) is 4.79. The average Bonchev–Trinajstić information content (AvgIpc) is 2.25. The van der Waals surface area contributed by atoms with Crippen molar-refractivity contribution in [2.24, 2.45) is 7.05 Å². The van der Waals surface area contributed by atoms with Gasteiger partial charge >= 0.3 is 0 Å². The Labute approximate surface area is 95.9 Å². The van der Waals surface area contributed by atoms with E-state index in [9.17, 15) is 20.1 Å². The first-order valence-corrected chi connectivity index (χ1v) is 4.79. The SMILES string of the molecule is COc1c(O)c2c(O)cc(O)cc2n(C)c1=O. The van der Waals surface area contributed by atoms with Crippen LogP contribution >= 0.6 is 0 Å². The highest BCUT2D eigenvalue weighted by Gasteiger charge is 2.18. The second-order valence-electron chi connectivity index (χ2n) is 3.61. The fourth-order valence-corrected chi connectivity index (χ4v) is 1.77. The lowest BCUT2D eigenvalue weighted by Gasteiger charge is -2.12. The Bertz CT molecular complexity index is 659. The van der Waals surface area contributed by atoms with Gasteiger partial charge in [0, 0.05) is 19.2 Å². The first-order chi connectivity index (χ1) is 7.97. The molecule has 1 aromatic carbocycles. The predicted octanol–water partition coefficient (Wildman–Crippen LogP) is 0.664. The molecule has 0 aliphatic heterocycles. The van der Waals surface area contributed by atoms with E-state index >= 15 is 0 Å². The maximum Gasteiger partial charge on any atom is 0.297 e. The summed E-state index contributed by atoms with van der Waals surface area (Å²) in [5, 5.41) is 28.9. The van der Waals surface area contributed by atoms with E-state index < -0.39 is 11.3 Å². The Morgan fingerprint density at radius 1 is 1.24 bits per heavy atom. The molecule has 0 saturated heterocycles. The second kappa shape index (κ2) is 3.58. The fraction of sp³-hybridized carbons (Fsp3) is 0.182. The summed E-state index contributed by atoms with van der Waals surface area (Å²) >= 11 is 0. The standard InChI is InChI=1S/C11H11NO5/c1-12-6-3-5(13)4-7(14)8(6)9(15)10(17-2)11(12)16/h3-4,13-15H,1-2H3. The molecule has 2 rings (SSSR count). The number of aryl methyl sites for hydroxylation is 1. The number of fused-ring (bicyclic) bond motifs is 1. The van der Waals surface area contributed by atoms with Crippen LogP contribution in [0.2, 0.25) is 0 Å². The molecule has 3 N–H and O–H groups in total. The normalized spacial score (nSPS) is 10.7. The van der Waals surface area contributed by atoms with E-state index in [0.717, 1.165) is 6.07 Å². The molecule has 90 valence electrons. The number of ether oxygens (including phenoxy) is 1. The molecule has 0 bridgehead atoms. The Morgan fingerprint density at radius 2 is 1.88 bits per heavy atom. The Balaban J connectivity index is 3.09. The van der Waals surface area contributed by atoms with Gasteiger partial charge in [-0.25, -0.2) is 0 Å². The number of benzene rings is 1. The van der Waals surface area contributed by atoms with Crippen molar-refractivity contribution in [3.05, 3.63) is 22.5 Å². The molecule has 0 unspecified atom stereocenters. The van der Waals surface area contributed by atoms with E-state index in [2.05, 4.69) is 0 Å². The van der Waals surface area contributed by atoms with E-state index in [4.69, 9.17) is 4.74 Å². The minimum absolute atomic E-state index is 0.0572. The number of methoxy groups -OCH3 is 1. The van der Waals surface area contributed by atoms with Gasteiger partial charge < -0.3 is 24.6 Å². The summed E-state index contributed by atoms with van der Waals surface area (Å²) < 4.78 is 5.97. The lowest BCUT2D eigenvalue weighted by molar-refractivity contribution is 0.367. The molecular weight excluding hydrogens is 226 g/mol. The van der Waals surface area contributed by atoms with Crippen molar-refractivity contribution in [1.29, 1.82) is 0 Å². The number of nitrogens with zero attached hydrogens (tertiary/aromatic N) is 1. The molecule has 0 aliphatic rings. The smallest absolute Gasteiger partial charge is 0.297 e. The lowest BCUT2D eigenvalue weighted by Crippen LogP contribution is -2.18. The molecule has 2 aromatic rings. The van der Waals surface area contributed by atoms with Crippen molar-refractivity contribution in [2.75, 3.05) is 7.11 Å². The van der Waals surface area contributed by atoms with Gasteiger partial charge in [0.15, 0.2) is 5.75 Å². The van der Waals surface area contributed by atoms with Crippen LogP contribution in [-0.4, -0.2) is 27.0 Å². The number of pyridine rings is 1. The third kappa shape index (κ3) is 1.45. The van der Waals surface area contributed by atoms with Crippen LogP contribution in [0.5, 0.6) is 23.0 Å². The molecule has 6 heteroatoms. The molecular formula is C11H11NO5. The van der Waals surface area contributed by atoms with Crippen LogP contribution in [0.25, 0.3) is 10.9 Å². The van der Waals surface area contributed by atoms with Gasteiger partial charge in [-0.1, -0.05) is 0 Å². The molecule has 1 aromatic heterocycles. The summed E-state index contributed by atoms with van der Waals surface area (Å²) in [6.07, 6.45) is 0. The van der Waals surface area contributed by atoms with Gasteiger partial charge in [-0.05, 0) is 0 Å². The number of aromatic nitrogens is 1. The summed E-state index contributed by atoms with van der Waals surface area (Å²) in [6.45, 7) is 0. The maximum absolute atomic E-state index is 11.8. The van der Waals surface area contributed by atoms with E-state index in [1.165, 1.54) is 24.8 Å². The van der Waals surface area contributed by atoms with Gasteiger partial charge in [-0.2, -0.15) is 0 Å². The van der Waals surface area contributed by atoms with E-state index in [-0.39, 0.29) is 28.2 Å². The van der Waals surface area contributed by atoms with Crippen molar-refractivity contribution < 1.29 is 20.1 Å². The zero-order valence-electron chi connectivity index (χ0n) is 9.26. The van der Waals surface area contributed by atoms with Gasteiger partial charge in [-0.15, -0.1) is 0 Å². The van der Waals surface area contributed by atoms with Gasteiger partial charge in [0.2, 0.25) is 5.75 Å². The number of phenolic OH excluding ortho intramolecular Hbond substituents is 2. The van der Waals surface area contributed by atoms with Crippen LogP contribution in [0.4, 0.5) is 0 Å². The molecule has 0 atom stereocenters. The average molecular weight is 237 g/mol. The number of phenols is 2. The highest BCUT2D eigenvalue weighted by Crippen LogP contribution is 2.38. The summed E-state index contributed by atoms with van der Waals surface area (Å²) in [7, 11) is 2.70. The Kier molecular flexibility index (Phi) is 2.35. The maximum atomic E-state index is 11.8. The quantitative estimate of drug-likeness (QED) is 0.677. The van der Waals surface area contributed by atoms with Gasteiger partial charge in [-0.3, -0.25) is 4.79 Å². The minimum Gasteiger partial charge on any atom is -0.508 e. The first kappa shape index (κ1) is 11.1. The van der Waals surface area contributed by atoms with Crippen LogP contribution in [0.3, 0.4) is 0 Å². The number of aromatic hydroxyl groups is 3. The summed E-state index contributed by atoms with van der Waals surface area (Å²) in [5.74, 6) is -1.22. The molecule has 0 fully saturated rings. The van der Waals surface area contributed by atoms with Crippen molar-refractivity contribution in [3.8, 4) is 23.0 Å². The Morgan fingerprint density at radius 3 is 2.47 bits per heavy atom. The van der Waals surface area contributed by atoms with Crippen LogP contribution < -0.4 is 10.3 Å². The molecule has 0 saturated carbocycles. The highest BCUT2D eigenvalue weighted by molar-refractivity contribution is 5.93. The highest BCUT2D eigenvalue weighted by atomic mass is 16.5. The molecule has 1 heterocycles.